The van der Waals surface area contributed by atoms with Gasteiger partial charge in [0.1, 0.15) is 0 Å². The van der Waals surface area contributed by atoms with Crippen molar-refractivity contribution in [3.8, 4) is 0 Å². The Morgan fingerprint density at radius 2 is 1.90 bits per heavy atom. The average molecular weight is 404 g/mol. The second kappa shape index (κ2) is 12.2. The number of nitrogens with two attached hydrogens (primary N) is 1. The van der Waals surface area contributed by atoms with Crippen LogP contribution in [0, 0.1) is 11.8 Å². The monoisotopic (exact) mass is 403 g/mol. The van der Waals surface area contributed by atoms with Gasteiger partial charge in [0.05, 0.1) is 12.3 Å². The second-order valence-corrected chi connectivity index (χ2v) is 7.74. The number of aliphatic carboxylic acids is 1. The van der Waals surface area contributed by atoms with Crippen molar-refractivity contribution in [2.45, 2.75) is 44.9 Å². The van der Waals surface area contributed by atoms with Crippen molar-refractivity contribution < 1.29 is 19.5 Å². The van der Waals surface area contributed by atoms with Crippen LogP contribution in [0.4, 0.5) is 0 Å². The number of hydrogen-bond acceptors (Lipinski definition) is 4. The number of unbranched alkanes of at least 4 members (excludes halogenated alkanes) is 2. The predicted molar refractivity (Wildman–Crippen MR) is 111 cm³/mol. The van der Waals surface area contributed by atoms with Gasteiger partial charge in [-0.2, -0.15) is 0 Å². The van der Waals surface area contributed by atoms with E-state index in [9.17, 15) is 19.5 Å². The molecule has 1 aromatic carbocycles. The molecule has 2 amide bonds. The van der Waals surface area contributed by atoms with Crippen LogP contribution in [0.1, 0.15) is 44.1 Å². The van der Waals surface area contributed by atoms with E-state index in [1.807, 2.05) is 18.2 Å². The molecular weight excluding hydrogens is 370 g/mol. The maximum atomic E-state index is 12.7. The number of rotatable bonds is 13. The topological polar surface area (TPSA) is 113 Å². The fraction of sp³-hybridized carbons (Fsp3) is 0.591. The highest BCUT2D eigenvalue weighted by Gasteiger charge is 2.41. The molecular formula is C22H33N3O4. The quantitative estimate of drug-likeness (QED) is 0.435. The Morgan fingerprint density at radius 3 is 2.59 bits per heavy atom. The van der Waals surface area contributed by atoms with Gasteiger partial charge in [0, 0.05) is 32.0 Å². The van der Waals surface area contributed by atoms with Gasteiger partial charge in [-0.25, -0.2) is 0 Å². The molecule has 4 N–H and O–H groups in total. The Morgan fingerprint density at radius 1 is 1.14 bits per heavy atom. The molecule has 160 valence electrons. The lowest BCUT2D eigenvalue weighted by Crippen LogP contribution is -2.33. The van der Waals surface area contributed by atoms with Crippen LogP contribution in [0.5, 0.6) is 0 Å². The third kappa shape index (κ3) is 7.85. The third-order valence-corrected chi connectivity index (χ3v) is 5.45. The zero-order chi connectivity index (χ0) is 21.1. The van der Waals surface area contributed by atoms with Gasteiger partial charge in [0.25, 0.3) is 0 Å². The van der Waals surface area contributed by atoms with Gasteiger partial charge >= 0.3 is 5.97 Å². The zero-order valence-corrected chi connectivity index (χ0v) is 17.0. The number of nitrogens with zero attached hydrogens (tertiary/aromatic N) is 1. The van der Waals surface area contributed by atoms with Crippen molar-refractivity contribution in [3.63, 3.8) is 0 Å². The summed E-state index contributed by atoms with van der Waals surface area (Å²) in [6.07, 6.45) is 4.56. The smallest absolute Gasteiger partial charge is 0.304 e. The van der Waals surface area contributed by atoms with Crippen LogP contribution >= 0.6 is 0 Å². The molecule has 29 heavy (non-hydrogen) atoms. The summed E-state index contributed by atoms with van der Waals surface area (Å²) < 4.78 is 0. The predicted octanol–water partition coefficient (Wildman–Crippen LogP) is 1.80. The van der Waals surface area contributed by atoms with E-state index in [0.29, 0.717) is 32.6 Å². The van der Waals surface area contributed by atoms with Gasteiger partial charge in [-0.1, -0.05) is 36.8 Å². The third-order valence-electron chi connectivity index (χ3n) is 5.45. The largest absolute Gasteiger partial charge is 0.481 e. The molecule has 1 aromatic rings. The lowest BCUT2D eigenvalue weighted by molar-refractivity contribution is -0.142. The number of carbonyl (C=O) groups is 3. The highest BCUT2D eigenvalue weighted by Crippen LogP contribution is 2.28. The summed E-state index contributed by atoms with van der Waals surface area (Å²) in [4.78, 5) is 37.7. The minimum atomic E-state index is -0.979. The minimum absolute atomic E-state index is 0.0499. The molecule has 0 aliphatic carbocycles. The van der Waals surface area contributed by atoms with Crippen molar-refractivity contribution in [1.29, 1.82) is 0 Å². The number of aryl methyl sites for hydroxylation is 1. The summed E-state index contributed by atoms with van der Waals surface area (Å²) in [7, 11) is 0. The van der Waals surface area contributed by atoms with E-state index >= 15 is 0 Å². The van der Waals surface area contributed by atoms with Crippen LogP contribution in [-0.4, -0.2) is 54.0 Å². The van der Waals surface area contributed by atoms with E-state index < -0.39 is 11.9 Å². The molecule has 1 aliphatic rings. The van der Waals surface area contributed by atoms with Gasteiger partial charge in [0.2, 0.25) is 11.8 Å². The number of carboxylic acids is 1. The molecule has 1 aliphatic heterocycles. The number of likely N-dealkylation sites (tertiary alicyclic amines) is 1. The number of carboxylic acid groups (broad SMARTS) is 1. The first-order valence-electron chi connectivity index (χ1n) is 10.5. The molecule has 0 spiro atoms. The Balaban J connectivity index is 1.82. The van der Waals surface area contributed by atoms with Crippen LogP contribution in [0.3, 0.4) is 0 Å². The summed E-state index contributed by atoms with van der Waals surface area (Å²) >= 11 is 0. The molecule has 1 heterocycles. The van der Waals surface area contributed by atoms with Gasteiger partial charge < -0.3 is 21.1 Å². The lowest BCUT2D eigenvalue weighted by Gasteiger charge is -2.17. The standard InChI is InChI=1S/C22H33N3O4/c23-12-6-2-5-11-20(26)24-15-18-16-25(22(29)19(18)14-21(27)28)13-7-10-17-8-3-1-4-9-17/h1,3-4,8-9,18-19H,2,5-7,10-16,23H2,(H,24,26)(H,27,28)/t18-,19+/m1/s1. The van der Waals surface area contributed by atoms with E-state index in [4.69, 9.17) is 5.73 Å². The van der Waals surface area contributed by atoms with Crippen LogP contribution in [0.15, 0.2) is 30.3 Å². The number of benzene rings is 1. The first kappa shape index (κ1) is 22.9. The molecule has 7 heteroatoms. The van der Waals surface area contributed by atoms with E-state index in [2.05, 4.69) is 17.4 Å². The summed E-state index contributed by atoms with van der Waals surface area (Å²) in [6, 6.07) is 10.1. The van der Waals surface area contributed by atoms with Crippen molar-refractivity contribution in [3.05, 3.63) is 35.9 Å². The molecule has 1 fully saturated rings. The molecule has 2 atom stereocenters. The SMILES string of the molecule is NCCCCCC(=O)NC[C@@H]1CN(CCCc2ccccc2)C(=O)[C@H]1CC(=O)O. The number of hydrogen-bond donors (Lipinski definition) is 3. The molecule has 0 bridgehead atoms. The Hall–Kier alpha value is -2.41. The molecule has 0 unspecified atom stereocenters. The Kier molecular flexibility index (Phi) is 9.64. The van der Waals surface area contributed by atoms with Crippen LogP contribution in [0.2, 0.25) is 0 Å². The number of nitrogens with one attached hydrogen (secondary N) is 1. The Bertz CT molecular complexity index is 665. The summed E-state index contributed by atoms with van der Waals surface area (Å²) in [6.45, 7) is 2.07. The average Bonchev–Trinajstić information content (AvgIpc) is 2.99. The number of amides is 2. The fourth-order valence-electron chi connectivity index (χ4n) is 3.85. The van der Waals surface area contributed by atoms with E-state index in [-0.39, 0.29) is 24.2 Å². The van der Waals surface area contributed by atoms with Crippen LogP contribution in [0.25, 0.3) is 0 Å². The second-order valence-electron chi connectivity index (χ2n) is 7.74. The molecule has 2 rings (SSSR count). The van der Waals surface area contributed by atoms with Crippen molar-refractivity contribution in [2.24, 2.45) is 17.6 Å². The van der Waals surface area contributed by atoms with E-state index in [1.54, 1.807) is 4.90 Å². The van der Waals surface area contributed by atoms with Gasteiger partial charge in [-0.3, -0.25) is 14.4 Å². The van der Waals surface area contributed by atoms with Gasteiger partial charge in [-0.15, -0.1) is 0 Å². The lowest BCUT2D eigenvalue weighted by atomic mass is 9.92. The molecule has 0 saturated carbocycles. The first-order valence-corrected chi connectivity index (χ1v) is 10.5. The normalized spacial score (nSPS) is 18.8. The van der Waals surface area contributed by atoms with Crippen molar-refractivity contribution >= 4 is 17.8 Å². The number of carbonyl (C=O) groups excluding carboxylic acids is 2. The van der Waals surface area contributed by atoms with Crippen LogP contribution in [-0.2, 0) is 20.8 Å². The minimum Gasteiger partial charge on any atom is -0.481 e. The van der Waals surface area contributed by atoms with E-state index in [0.717, 1.165) is 32.1 Å². The highest BCUT2D eigenvalue weighted by atomic mass is 16.4. The summed E-state index contributed by atoms with van der Waals surface area (Å²) in [5.41, 5.74) is 6.67. The zero-order valence-electron chi connectivity index (χ0n) is 17.0. The highest BCUT2D eigenvalue weighted by molar-refractivity contribution is 5.85. The molecule has 0 radical (unpaired) electrons. The summed E-state index contributed by atoms with van der Waals surface area (Å²) in [5, 5.41) is 12.1. The maximum Gasteiger partial charge on any atom is 0.304 e. The van der Waals surface area contributed by atoms with Crippen LogP contribution < -0.4 is 11.1 Å². The molecule has 0 aromatic heterocycles. The maximum absolute atomic E-state index is 12.7. The Labute approximate surface area is 172 Å². The summed E-state index contributed by atoms with van der Waals surface area (Å²) in [5.74, 6) is -1.87. The van der Waals surface area contributed by atoms with Crippen molar-refractivity contribution in [2.75, 3.05) is 26.2 Å². The molecule has 7 nitrogen and oxygen atoms in total. The molecule has 1 saturated heterocycles. The first-order chi connectivity index (χ1) is 14.0. The van der Waals surface area contributed by atoms with Crippen molar-refractivity contribution in [1.82, 2.24) is 10.2 Å². The fourth-order valence-corrected chi connectivity index (χ4v) is 3.85. The van der Waals surface area contributed by atoms with Gasteiger partial charge in [-0.05, 0) is 37.8 Å². The van der Waals surface area contributed by atoms with Gasteiger partial charge in [0.15, 0.2) is 0 Å². The van der Waals surface area contributed by atoms with E-state index in [1.165, 1.54) is 5.56 Å².